The Morgan fingerprint density at radius 1 is 1.47 bits per heavy atom. The Hall–Kier alpha value is -1.40. The fraction of sp³-hybridized carbons (Fsp3) is 0.636. The van der Waals surface area contributed by atoms with Crippen LogP contribution in [0.5, 0.6) is 0 Å². The first-order valence-electron chi connectivity index (χ1n) is 5.63. The highest BCUT2D eigenvalue weighted by atomic mass is 16.5. The number of carbonyl (C=O) groups excluding carboxylic acids is 1. The quantitative estimate of drug-likeness (QED) is 0.642. The molecule has 2 N–H and O–H groups in total. The van der Waals surface area contributed by atoms with Crippen molar-refractivity contribution in [3.8, 4) is 0 Å². The summed E-state index contributed by atoms with van der Waals surface area (Å²) in [6.45, 7) is 4.62. The lowest BCUT2D eigenvalue weighted by Crippen LogP contribution is -2.33. The zero-order valence-corrected chi connectivity index (χ0v) is 10.6. The van der Waals surface area contributed by atoms with Gasteiger partial charge < -0.3 is 15.4 Å². The number of rotatable bonds is 7. The van der Waals surface area contributed by atoms with E-state index in [2.05, 4.69) is 15.7 Å². The van der Waals surface area contributed by atoms with Crippen LogP contribution in [0.25, 0.3) is 0 Å². The maximum Gasteiger partial charge on any atom is 0.254 e. The maximum absolute atomic E-state index is 11.8. The van der Waals surface area contributed by atoms with Crippen molar-refractivity contribution in [3.05, 3.63) is 17.5 Å². The normalized spacial score (nSPS) is 10.5. The number of amides is 1. The van der Waals surface area contributed by atoms with Gasteiger partial charge in [0.2, 0.25) is 0 Å². The minimum atomic E-state index is -0.0795. The lowest BCUT2D eigenvalue weighted by Gasteiger charge is -2.05. The van der Waals surface area contributed by atoms with E-state index in [9.17, 15) is 4.79 Å². The molecule has 1 aromatic heterocycles. The topological polar surface area (TPSA) is 68.2 Å². The van der Waals surface area contributed by atoms with Crippen molar-refractivity contribution < 1.29 is 9.53 Å². The molecule has 0 radical (unpaired) electrons. The van der Waals surface area contributed by atoms with E-state index in [1.807, 2.05) is 6.92 Å². The van der Waals surface area contributed by atoms with Crippen molar-refractivity contribution in [1.82, 2.24) is 20.4 Å². The van der Waals surface area contributed by atoms with Crippen molar-refractivity contribution in [2.75, 3.05) is 33.4 Å². The molecular weight excluding hydrogens is 220 g/mol. The van der Waals surface area contributed by atoms with E-state index in [0.717, 1.165) is 18.8 Å². The summed E-state index contributed by atoms with van der Waals surface area (Å²) in [4.78, 5) is 11.8. The lowest BCUT2D eigenvalue weighted by molar-refractivity contribution is 0.0953. The zero-order chi connectivity index (χ0) is 12.7. The van der Waals surface area contributed by atoms with Gasteiger partial charge in [-0.1, -0.05) is 0 Å². The van der Waals surface area contributed by atoms with Gasteiger partial charge in [-0.3, -0.25) is 9.48 Å². The SMILES string of the molecule is COCCNCCNC(=O)c1cn(C)nc1C. The average Bonchev–Trinajstić information content (AvgIpc) is 2.62. The number of ether oxygens (including phenoxy) is 1. The molecular formula is C11H20N4O2. The molecule has 96 valence electrons. The van der Waals surface area contributed by atoms with E-state index < -0.39 is 0 Å². The first-order valence-corrected chi connectivity index (χ1v) is 5.63. The predicted octanol–water partition coefficient (Wildman–Crippen LogP) is -0.306. The standard InChI is InChI=1S/C11H20N4O2/c1-9-10(8-15(2)14-9)11(16)13-5-4-12-6-7-17-3/h8,12H,4-7H2,1-3H3,(H,13,16). The van der Waals surface area contributed by atoms with Crippen LogP contribution < -0.4 is 10.6 Å². The van der Waals surface area contributed by atoms with Gasteiger partial charge in [0.15, 0.2) is 0 Å². The predicted molar refractivity (Wildman–Crippen MR) is 65.0 cm³/mol. The summed E-state index contributed by atoms with van der Waals surface area (Å²) >= 11 is 0. The van der Waals surface area contributed by atoms with E-state index >= 15 is 0 Å². The van der Waals surface area contributed by atoms with Gasteiger partial charge in [0.1, 0.15) is 0 Å². The Morgan fingerprint density at radius 3 is 2.82 bits per heavy atom. The summed E-state index contributed by atoms with van der Waals surface area (Å²) in [7, 11) is 3.46. The largest absolute Gasteiger partial charge is 0.383 e. The maximum atomic E-state index is 11.8. The van der Waals surface area contributed by atoms with Crippen LogP contribution in [0.3, 0.4) is 0 Å². The van der Waals surface area contributed by atoms with Crippen LogP contribution >= 0.6 is 0 Å². The number of aromatic nitrogens is 2. The van der Waals surface area contributed by atoms with Crippen LogP contribution in [0.15, 0.2) is 6.20 Å². The average molecular weight is 240 g/mol. The monoisotopic (exact) mass is 240 g/mol. The minimum absolute atomic E-state index is 0.0795. The fourth-order valence-corrected chi connectivity index (χ4v) is 1.48. The van der Waals surface area contributed by atoms with Gasteiger partial charge in [-0.25, -0.2) is 0 Å². The van der Waals surface area contributed by atoms with Gasteiger partial charge in [-0.05, 0) is 6.92 Å². The van der Waals surface area contributed by atoms with Crippen LogP contribution in [0.2, 0.25) is 0 Å². The van der Waals surface area contributed by atoms with Crippen LogP contribution in [-0.4, -0.2) is 49.0 Å². The number of aryl methyl sites for hydroxylation is 2. The minimum Gasteiger partial charge on any atom is -0.383 e. The molecule has 1 heterocycles. The second kappa shape index (κ2) is 7.03. The third kappa shape index (κ3) is 4.54. The molecule has 1 aromatic rings. The fourth-order valence-electron chi connectivity index (χ4n) is 1.48. The number of hydrogen-bond donors (Lipinski definition) is 2. The van der Waals surface area contributed by atoms with Crippen LogP contribution in [0.1, 0.15) is 16.1 Å². The number of nitrogens with one attached hydrogen (secondary N) is 2. The molecule has 0 atom stereocenters. The smallest absolute Gasteiger partial charge is 0.254 e. The van der Waals surface area contributed by atoms with Gasteiger partial charge in [-0.15, -0.1) is 0 Å². The molecule has 0 bridgehead atoms. The van der Waals surface area contributed by atoms with E-state index in [-0.39, 0.29) is 5.91 Å². The van der Waals surface area contributed by atoms with Gasteiger partial charge in [0.25, 0.3) is 5.91 Å². The molecule has 0 fully saturated rings. The molecule has 0 aliphatic rings. The summed E-state index contributed by atoms with van der Waals surface area (Å²) in [6, 6.07) is 0. The Bertz CT molecular complexity index is 362. The molecule has 0 unspecified atom stereocenters. The number of hydrogen-bond acceptors (Lipinski definition) is 4. The molecule has 0 spiro atoms. The summed E-state index contributed by atoms with van der Waals surface area (Å²) < 4.78 is 6.54. The molecule has 0 saturated carbocycles. The second-order valence-corrected chi connectivity index (χ2v) is 3.80. The number of carbonyl (C=O) groups is 1. The summed E-state index contributed by atoms with van der Waals surface area (Å²) in [6.07, 6.45) is 1.73. The highest BCUT2D eigenvalue weighted by molar-refractivity contribution is 5.94. The van der Waals surface area contributed by atoms with Gasteiger partial charge in [0, 0.05) is 40.0 Å². The molecule has 1 amide bonds. The Labute approximate surface area is 101 Å². The molecule has 17 heavy (non-hydrogen) atoms. The summed E-state index contributed by atoms with van der Waals surface area (Å²) in [5.41, 5.74) is 1.38. The van der Waals surface area contributed by atoms with Crippen molar-refractivity contribution in [1.29, 1.82) is 0 Å². The van der Waals surface area contributed by atoms with Gasteiger partial charge in [-0.2, -0.15) is 5.10 Å². The number of methoxy groups -OCH3 is 1. The Morgan fingerprint density at radius 2 is 2.24 bits per heavy atom. The first-order chi connectivity index (χ1) is 8.15. The molecule has 1 rings (SSSR count). The van der Waals surface area contributed by atoms with Crippen LogP contribution in [-0.2, 0) is 11.8 Å². The van der Waals surface area contributed by atoms with Crippen LogP contribution in [0.4, 0.5) is 0 Å². The van der Waals surface area contributed by atoms with Gasteiger partial charge in [0.05, 0.1) is 17.9 Å². The zero-order valence-electron chi connectivity index (χ0n) is 10.6. The van der Waals surface area contributed by atoms with E-state index in [0.29, 0.717) is 18.7 Å². The van der Waals surface area contributed by atoms with E-state index in [4.69, 9.17) is 4.74 Å². The third-order valence-corrected chi connectivity index (χ3v) is 2.33. The molecule has 6 heteroatoms. The molecule has 0 aliphatic heterocycles. The summed E-state index contributed by atoms with van der Waals surface area (Å²) in [5, 5.41) is 10.1. The third-order valence-electron chi connectivity index (χ3n) is 2.33. The molecule has 0 aromatic carbocycles. The second-order valence-electron chi connectivity index (χ2n) is 3.80. The van der Waals surface area contributed by atoms with Crippen molar-refractivity contribution in [2.45, 2.75) is 6.92 Å². The molecule has 0 aliphatic carbocycles. The van der Waals surface area contributed by atoms with Gasteiger partial charge >= 0.3 is 0 Å². The van der Waals surface area contributed by atoms with Crippen LogP contribution in [0, 0.1) is 6.92 Å². The molecule has 0 saturated heterocycles. The first kappa shape index (κ1) is 13.7. The lowest BCUT2D eigenvalue weighted by atomic mass is 10.2. The Kier molecular flexibility index (Phi) is 5.65. The highest BCUT2D eigenvalue weighted by Crippen LogP contribution is 2.03. The van der Waals surface area contributed by atoms with Crippen molar-refractivity contribution in [3.63, 3.8) is 0 Å². The van der Waals surface area contributed by atoms with E-state index in [1.54, 1.807) is 25.0 Å². The van der Waals surface area contributed by atoms with E-state index in [1.165, 1.54) is 0 Å². The van der Waals surface area contributed by atoms with Crippen molar-refractivity contribution in [2.24, 2.45) is 7.05 Å². The molecule has 6 nitrogen and oxygen atoms in total. The van der Waals surface area contributed by atoms with Crippen molar-refractivity contribution >= 4 is 5.91 Å². The number of nitrogens with zero attached hydrogens (tertiary/aromatic N) is 2. The highest BCUT2D eigenvalue weighted by Gasteiger charge is 2.11. The summed E-state index contributed by atoms with van der Waals surface area (Å²) in [5.74, 6) is -0.0795. The Balaban J connectivity index is 2.23.